The molecule has 4 rings (SSSR count). The molecule has 0 unspecified atom stereocenters. The second-order valence-corrected chi connectivity index (χ2v) is 12.4. The summed E-state index contributed by atoms with van der Waals surface area (Å²) in [5.41, 5.74) is 2.52. The Hall–Kier alpha value is -0.790. The van der Waals surface area contributed by atoms with Crippen LogP contribution in [0.4, 0.5) is 0 Å². The monoisotopic (exact) mass is 451 g/mol. The van der Waals surface area contributed by atoms with E-state index in [-0.39, 0.29) is 11.2 Å². The Morgan fingerprint density at radius 3 is 1.58 bits per heavy atom. The molecule has 174 valence electrons. The lowest BCUT2D eigenvalue weighted by Crippen LogP contribution is -2.49. The molecule has 31 heavy (non-hydrogen) atoms. The molecule has 3 saturated heterocycles. The zero-order valence-corrected chi connectivity index (χ0v) is 20.2. The average Bonchev–Trinajstić information content (AvgIpc) is 2.81. The number of morpholine rings is 3. The molecule has 3 heterocycles. The molecule has 3 aliphatic heterocycles. The number of hydrogen-bond acceptors (Lipinski definition) is 5. The third-order valence-electron chi connectivity index (χ3n) is 6.57. The molecular formula is C23H38N3O4P. The van der Waals surface area contributed by atoms with E-state index in [0.717, 1.165) is 18.7 Å². The lowest BCUT2D eigenvalue weighted by Gasteiger charge is -2.49. The molecule has 1 aromatic carbocycles. The molecule has 1 atom stereocenters. The van der Waals surface area contributed by atoms with Gasteiger partial charge in [0, 0.05) is 39.3 Å². The fourth-order valence-electron chi connectivity index (χ4n) is 4.76. The summed E-state index contributed by atoms with van der Waals surface area (Å²) in [4.78, 5) is 2.39. The van der Waals surface area contributed by atoms with Crippen molar-refractivity contribution >= 4 is 7.44 Å². The Morgan fingerprint density at radius 1 is 0.742 bits per heavy atom. The van der Waals surface area contributed by atoms with Gasteiger partial charge in [0.1, 0.15) is 5.78 Å². The van der Waals surface area contributed by atoms with Gasteiger partial charge < -0.3 is 14.2 Å². The maximum absolute atomic E-state index is 15.3. The van der Waals surface area contributed by atoms with E-state index in [2.05, 4.69) is 59.3 Å². The van der Waals surface area contributed by atoms with E-state index in [1.807, 2.05) is 0 Å². The van der Waals surface area contributed by atoms with E-state index >= 15 is 4.57 Å². The van der Waals surface area contributed by atoms with Gasteiger partial charge in [0.2, 0.25) is 7.44 Å². The standard InChI is InChI=1S/C23H38N3O4P/c1-23(2,3)21-6-4-20(5-7-21)22(24-8-14-28-15-9-24)31(27,25-10-16-29-17-11-25)26-12-18-30-19-13-26/h4-7,22H,8-19H2,1-3H3/t22-/m1/s1. The van der Waals surface area contributed by atoms with Crippen molar-refractivity contribution in [2.24, 2.45) is 0 Å². The normalized spacial score (nSPS) is 24.2. The van der Waals surface area contributed by atoms with Crippen LogP contribution in [-0.2, 0) is 24.2 Å². The van der Waals surface area contributed by atoms with E-state index in [1.54, 1.807) is 0 Å². The van der Waals surface area contributed by atoms with Gasteiger partial charge in [0.05, 0.1) is 39.6 Å². The number of hydrogen-bond donors (Lipinski definition) is 0. The fraction of sp³-hybridized carbons (Fsp3) is 0.739. The second-order valence-electron chi connectivity index (χ2n) is 9.62. The lowest BCUT2D eigenvalue weighted by molar-refractivity contribution is 0.0199. The molecule has 3 fully saturated rings. The molecule has 0 aromatic heterocycles. The van der Waals surface area contributed by atoms with Crippen LogP contribution in [0.5, 0.6) is 0 Å². The van der Waals surface area contributed by atoms with Gasteiger partial charge in [0.25, 0.3) is 0 Å². The summed E-state index contributed by atoms with van der Waals surface area (Å²) in [5.74, 6) is -0.179. The van der Waals surface area contributed by atoms with Crippen LogP contribution in [0.15, 0.2) is 24.3 Å². The molecule has 0 N–H and O–H groups in total. The minimum absolute atomic E-state index is 0.0884. The topological polar surface area (TPSA) is 54.5 Å². The van der Waals surface area contributed by atoms with Crippen molar-refractivity contribution in [3.05, 3.63) is 35.4 Å². The first-order valence-corrected chi connectivity index (χ1v) is 13.3. The smallest absolute Gasteiger partial charge is 0.237 e. The van der Waals surface area contributed by atoms with Crippen molar-refractivity contribution in [2.45, 2.75) is 32.0 Å². The number of nitrogens with zero attached hydrogens (tertiary/aromatic N) is 3. The van der Waals surface area contributed by atoms with Crippen LogP contribution in [0.25, 0.3) is 0 Å². The fourth-order valence-corrected chi connectivity index (χ4v) is 8.43. The molecule has 0 saturated carbocycles. The minimum Gasteiger partial charge on any atom is -0.379 e. The Balaban J connectivity index is 1.77. The van der Waals surface area contributed by atoms with Crippen molar-refractivity contribution in [3.63, 3.8) is 0 Å². The molecule has 0 bridgehead atoms. The second kappa shape index (κ2) is 10.0. The van der Waals surface area contributed by atoms with Crippen LogP contribution in [0.2, 0.25) is 0 Å². The molecule has 3 aliphatic rings. The predicted molar refractivity (Wildman–Crippen MR) is 123 cm³/mol. The highest BCUT2D eigenvalue weighted by molar-refractivity contribution is 7.59. The summed E-state index contributed by atoms with van der Waals surface area (Å²) in [6.07, 6.45) is 0. The van der Waals surface area contributed by atoms with Gasteiger partial charge in [-0.15, -0.1) is 0 Å². The van der Waals surface area contributed by atoms with E-state index in [0.29, 0.717) is 65.8 Å². The van der Waals surface area contributed by atoms with Crippen LogP contribution in [0.1, 0.15) is 37.7 Å². The largest absolute Gasteiger partial charge is 0.379 e. The summed E-state index contributed by atoms with van der Waals surface area (Å²) in [7, 11) is -2.95. The van der Waals surface area contributed by atoms with E-state index in [1.165, 1.54) is 5.56 Å². The van der Waals surface area contributed by atoms with E-state index in [4.69, 9.17) is 14.2 Å². The van der Waals surface area contributed by atoms with Gasteiger partial charge in [-0.05, 0) is 16.5 Å². The van der Waals surface area contributed by atoms with Crippen LogP contribution in [-0.4, -0.2) is 93.2 Å². The van der Waals surface area contributed by atoms with Crippen molar-refractivity contribution < 1.29 is 18.8 Å². The SMILES string of the molecule is CC(C)(C)c1ccc([C@H](N2CCOCC2)P(=O)(N2CCOCC2)N2CCOCC2)cc1. The molecule has 8 heteroatoms. The highest BCUT2D eigenvalue weighted by Crippen LogP contribution is 2.65. The zero-order chi connectivity index (χ0) is 21.9. The Morgan fingerprint density at radius 2 is 1.16 bits per heavy atom. The van der Waals surface area contributed by atoms with Gasteiger partial charge in [-0.3, -0.25) is 9.46 Å². The first kappa shape index (κ1) is 23.4. The van der Waals surface area contributed by atoms with Crippen molar-refractivity contribution in [3.8, 4) is 0 Å². The number of benzene rings is 1. The summed E-state index contributed by atoms with van der Waals surface area (Å²) in [6.45, 7) is 15.0. The first-order valence-electron chi connectivity index (χ1n) is 11.6. The summed E-state index contributed by atoms with van der Waals surface area (Å²) in [6, 6.07) is 8.83. The summed E-state index contributed by atoms with van der Waals surface area (Å²) >= 11 is 0. The van der Waals surface area contributed by atoms with E-state index < -0.39 is 7.44 Å². The van der Waals surface area contributed by atoms with Gasteiger partial charge in [-0.1, -0.05) is 45.0 Å². The Kier molecular flexibility index (Phi) is 7.54. The minimum atomic E-state index is -2.95. The summed E-state index contributed by atoms with van der Waals surface area (Å²) in [5, 5.41) is 0. The van der Waals surface area contributed by atoms with Crippen molar-refractivity contribution in [1.29, 1.82) is 0 Å². The Bertz CT molecular complexity index is 727. The summed E-state index contributed by atoms with van der Waals surface area (Å²) < 4.78 is 36.6. The Labute approximate surface area is 187 Å². The van der Waals surface area contributed by atoms with Crippen LogP contribution >= 0.6 is 7.44 Å². The molecule has 0 aliphatic carbocycles. The lowest BCUT2D eigenvalue weighted by atomic mass is 9.86. The molecular weight excluding hydrogens is 413 g/mol. The molecule has 7 nitrogen and oxygen atoms in total. The maximum atomic E-state index is 15.3. The van der Waals surface area contributed by atoms with Gasteiger partial charge >= 0.3 is 0 Å². The third-order valence-corrected chi connectivity index (χ3v) is 10.3. The third kappa shape index (κ3) is 5.09. The quantitative estimate of drug-likeness (QED) is 0.638. The van der Waals surface area contributed by atoms with E-state index in [9.17, 15) is 0 Å². The molecule has 0 radical (unpaired) electrons. The maximum Gasteiger partial charge on any atom is 0.237 e. The van der Waals surface area contributed by atoms with Crippen LogP contribution in [0.3, 0.4) is 0 Å². The number of ether oxygens (including phenoxy) is 3. The molecule has 0 amide bonds. The van der Waals surface area contributed by atoms with Gasteiger partial charge in [-0.2, -0.15) is 0 Å². The van der Waals surface area contributed by atoms with Gasteiger partial charge in [0.15, 0.2) is 0 Å². The highest BCUT2D eigenvalue weighted by Gasteiger charge is 2.48. The van der Waals surface area contributed by atoms with Gasteiger partial charge in [-0.25, -0.2) is 9.34 Å². The van der Waals surface area contributed by atoms with Crippen molar-refractivity contribution in [1.82, 2.24) is 14.2 Å². The zero-order valence-electron chi connectivity index (χ0n) is 19.3. The molecule has 1 aromatic rings. The average molecular weight is 452 g/mol. The van der Waals surface area contributed by atoms with Crippen LogP contribution < -0.4 is 0 Å². The predicted octanol–water partition coefficient (Wildman–Crippen LogP) is 3.17. The van der Waals surface area contributed by atoms with Crippen molar-refractivity contribution in [2.75, 3.05) is 78.9 Å². The molecule has 0 spiro atoms. The highest BCUT2D eigenvalue weighted by atomic mass is 31.2. The number of rotatable bonds is 5. The first-order chi connectivity index (χ1) is 14.9. The van der Waals surface area contributed by atoms with Crippen LogP contribution in [0, 0.1) is 0 Å².